The van der Waals surface area contributed by atoms with Crippen molar-refractivity contribution in [3.05, 3.63) is 134 Å². The number of esters is 3. The van der Waals surface area contributed by atoms with Crippen LogP contribution in [0.1, 0.15) is 194 Å². The van der Waals surface area contributed by atoms with Crippen LogP contribution in [0.2, 0.25) is 0 Å². The number of hydrogen-bond donors (Lipinski definition) is 0. The lowest BCUT2D eigenvalue weighted by atomic mass is 10.1. The fourth-order valence-electron chi connectivity index (χ4n) is 6.37. The van der Waals surface area contributed by atoms with Crippen LogP contribution >= 0.6 is 0 Å². The van der Waals surface area contributed by atoms with Crippen molar-refractivity contribution >= 4 is 17.9 Å². The van der Waals surface area contributed by atoms with Gasteiger partial charge in [0.05, 0.1) is 0 Å². The van der Waals surface area contributed by atoms with E-state index < -0.39 is 6.10 Å². The Morgan fingerprint density at radius 1 is 0.328 bits per heavy atom. The van der Waals surface area contributed by atoms with Crippen molar-refractivity contribution in [2.45, 2.75) is 200 Å². The zero-order valence-corrected chi connectivity index (χ0v) is 40.7. The van der Waals surface area contributed by atoms with Gasteiger partial charge in [0.2, 0.25) is 0 Å². The zero-order valence-electron chi connectivity index (χ0n) is 40.7. The first-order valence-electron chi connectivity index (χ1n) is 25.3. The highest BCUT2D eigenvalue weighted by Gasteiger charge is 2.19. The van der Waals surface area contributed by atoms with Crippen molar-refractivity contribution in [2.75, 3.05) is 13.2 Å². The Morgan fingerprint density at radius 2 is 0.641 bits per heavy atom. The van der Waals surface area contributed by atoms with Crippen LogP contribution in [0, 0.1) is 0 Å². The summed E-state index contributed by atoms with van der Waals surface area (Å²) < 4.78 is 16.7. The van der Waals surface area contributed by atoms with Gasteiger partial charge in [-0.2, -0.15) is 0 Å². The van der Waals surface area contributed by atoms with Crippen LogP contribution in [0.25, 0.3) is 0 Å². The lowest BCUT2D eigenvalue weighted by molar-refractivity contribution is -0.167. The lowest BCUT2D eigenvalue weighted by Crippen LogP contribution is -2.30. The van der Waals surface area contributed by atoms with E-state index >= 15 is 0 Å². The average Bonchev–Trinajstić information content (AvgIpc) is 3.29. The second-order valence-electron chi connectivity index (χ2n) is 16.2. The minimum absolute atomic E-state index is 0.127. The van der Waals surface area contributed by atoms with Crippen LogP contribution < -0.4 is 0 Å². The molecule has 0 radical (unpaired) electrons. The summed E-state index contributed by atoms with van der Waals surface area (Å²) in [5, 5.41) is 0. The number of rotatable bonds is 43. The molecule has 0 aromatic rings. The largest absolute Gasteiger partial charge is 0.462 e. The van der Waals surface area contributed by atoms with E-state index in [-0.39, 0.29) is 44.0 Å². The minimum Gasteiger partial charge on any atom is -0.462 e. The summed E-state index contributed by atoms with van der Waals surface area (Å²) in [4.78, 5) is 37.9. The Kier molecular flexibility index (Phi) is 47.6. The molecule has 0 heterocycles. The predicted octanol–water partition coefficient (Wildman–Crippen LogP) is 16.7. The number of carbonyl (C=O) groups is 3. The standard InChI is InChI=1S/C58H90O6/c1-4-7-10-13-16-19-22-25-27-28-29-31-33-36-39-42-45-48-51-57(60)63-54-55(53-62-56(59)50-47-44-41-38-35-32-24-21-18-15-12-9-6-3)64-58(61)52-49-46-43-40-37-34-30-26-23-20-17-14-11-8-5-2/h8-9,11-12,14-15,17-18,20-21,23-24,26,29-32,34-35,37-38,41,55H,4-7,10,13,16,19,22,25,27-28,33,36,39-40,42-54H2,1-3H3/b11-8-,12-9-,17-14-,18-15-,23-20-,24-21-,30-26-,31-29-,35-32-,37-34-,41-38-. The first kappa shape index (κ1) is 59.6. The quantitative estimate of drug-likeness (QED) is 0.0200. The molecule has 0 aliphatic carbocycles. The molecule has 1 atom stereocenters. The molecule has 6 heteroatoms. The molecule has 0 fully saturated rings. The van der Waals surface area contributed by atoms with E-state index in [9.17, 15) is 14.4 Å². The van der Waals surface area contributed by atoms with Crippen LogP contribution in [0.4, 0.5) is 0 Å². The van der Waals surface area contributed by atoms with Crippen molar-refractivity contribution < 1.29 is 28.6 Å². The van der Waals surface area contributed by atoms with Gasteiger partial charge in [0, 0.05) is 19.3 Å². The molecule has 0 aromatic carbocycles. The van der Waals surface area contributed by atoms with Crippen molar-refractivity contribution in [3.63, 3.8) is 0 Å². The Hall–Kier alpha value is -4.45. The van der Waals surface area contributed by atoms with Gasteiger partial charge in [0.15, 0.2) is 6.10 Å². The predicted molar refractivity (Wildman–Crippen MR) is 274 cm³/mol. The van der Waals surface area contributed by atoms with E-state index in [2.05, 4.69) is 51.2 Å². The average molecular weight is 883 g/mol. The van der Waals surface area contributed by atoms with Gasteiger partial charge in [0.1, 0.15) is 13.2 Å². The van der Waals surface area contributed by atoms with Gasteiger partial charge in [-0.05, 0) is 77.0 Å². The maximum absolute atomic E-state index is 12.8. The summed E-state index contributed by atoms with van der Waals surface area (Å²) in [7, 11) is 0. The third kappa shape index (κ3) is 48.6. The highest BCUT2D eigenvalue weighted by Crippen LogP contribution is 2.13. The molecule has 0 N–H and O–H groups in total. The Morgan fingerprint density at radius 3 is 1.08 bits per heavy atom. The fourth-order valence-corrected chi connectivity index (χ4v) is 6.37. The normalized spacial score (nSPS) is 13.2. The molecular weight excluding hydrogens is 793 g/mol. The van der Waals surface area contributed by atoms with Gasteiger partial charge in [-0.1, -0.05) is 231 Å². The van der Waals surface area contributed by atoms with E-state index in [4.69, 9.17) is 14.2 Å². The molecule has 6 nitrogen and oxygen atoms in total. The van der Waals surface area contributed by atoms with Crippen LogP contribution in [-0.2, 0) is 28.6 Å². The Bertz CT molecular complexity index is 1430. The molecule has 0 amide bonds. The Balaban J connectivity index is 4.57. The molecule has 0 bridgehead atoms. The van der Waals surface area contributed by atoms with Crippen LogP contribution in [0.5, 0.6) is 0 Å². The minimum atomic E-state index is -0.837. The van der Waals surface area contributed by atoms with E-state index in [1.807, 2.05) is 103 Å². The SMILES string of the molecule is CC\C=C/C=C\C=C/C=C\C=C/CCCCCC(=O)OC(COC(=O)CCC\C=C/C=C\C=C/C=C\C=C/CC)COC(=O)CCCCCCC/C=C\CCCCCCCCCCC. The van der Waals surface area contributed by atoms with E-state index in [0.29, 0.717) is 19.3 Å². The van der Waals surface area contributed by atoms with Gasteiger partial charge in [-0.3, -0.25) is 14.4 Å². The van der Waals surface area contributed by atoms with E-state index in [1.54, 1.807) is 0 Å². The van der Waals surface area contributed by atoms with Gasteiger partial charge >= 0.3 is 17.9 Å². The van der Waals surface area contributed by atoms with Crippen LogP contribution in [0.3, 0.4) is 0 Å². The maximum atomic E-state index is 12.8. The molecule has 0 rings (SSSR count). The molecule has 0 spiro atoms. The highest BCUT2D eigenvalue weighted by molar-refractivity contribution is 5.71. The summed E-state index contributed by atoms with van der Waals surface area (Å²) in [6.45, 7) is 6.22. The molecule has 0 saturated heterocycles. The summed E-state index contributed by atoms with van der Waals surface area (Å²) in [6, 6.07) is 0. The van der Waals surface area contributed by atoms with Crippen LogP contribution in [0.15, 0.2) is 134 Å². The molecule has 358 valence electrons. The number of ether oxygens (including phenoxy) is 3. The monoisotopic (exact) mass is 883 g/mol. The second-order valence-corrected chi connectivity index (χ2v) is 16.2. The summed E-state index contributed by atoms with van der Waals surface area (Å²) in [6.07, 6.45) is 71.6. The lowest BCUT2D eigenvalue weighted by Gasteiger charge is -2.18. The first-order chi connectivity index (χ1) is 31.5. The molecular formula is C58H90O6. The smallest absolute Gasteiger partial charge is 0.306 e. The molecule has 64 heavy (non-hydrogen) atoms. The number of carbonyl (C=O) groups excluding carboxylic acids is 3. The first-order valence-corrected chi connectivity index (χ1v) is 25.3. The second kappa shape index (κ2) is 51.2. The Labute approximate surface area is 392 Å². The number of allylic oxidation sites excluding steroid dienone is 22. The van der Waals surface area contributed by atoms with Gasteiger partial charge in [-0.25, -0.2) is 0 Å². The fraction of sp³-hybridized carbons (Fsp3) is 0.569. The van der Waals surface area contributed by atoms with E-state index in [0.717, 1.165) is 70.6 Å². The van der Waals surface area contributed by atoms with Crippen molar-refractivity contribution in [3.8, 4) is 0 Å². The maximum Gasteiger partial charge on any atom is 0.306 e. The third-order valence-corrected chi connectivity index (χ3v) is 10.1. The summed E-state index contributed by atoms with van der Waals surface area (Å²) in [5.74, 6) is -1.07. The van der Waals surface area contributed by atoms with Crippen molar-refractivity contribution in [1.29, 1.82) is 0 Å². The summed E-state index contributed by atoms with van der Waals surface area (Å²) >= 11 is 0. The molecule has 0 aliphatic rings. The molecule has 1 unspecified atom stereocenters. The molecule has 0 saturated carbocycles. The summed E-state index contributed by atoms with van der Waals surface area (Å²) in [5.41, 5.74) is 0. The van der Waals surface area contributed by atoms with Crippen molar-refractivity contribution in [2.24, 2.45) is 0 Å². The van der Waals surface area contributed by atoms with Gasteiger partial charge in [-0.15, -0.1) is 0 Å². The number of hydrogen-bond acceptors (Lipinski definition) is 6. The zero-order chi connectivity index (χ0) is 46.5. The van der Waals surface area contributed by atoms with Crippen molar-refractivity contribution in [1.82, 2.24) is 0 Å². The molecule has 0 aromatic heterocycles. The topological polar surface area (TPSA) is 78.9 Å². The molecule has 0 aliphatic heterocycles. The highest BCUT2D eigenvalue weighted by atomic mass is 16.6. The van der Waals surface area contributed by atoms with E-state index in [1.165, 1.54) is 70.6 Å². The number of unbranched alkanes of at least 4 members (excludes halogenated alkanes) is 18. The third-order valence-electron chi connectivity index (χ3n) is 10.1. The van der Waals surface area contributed by atoms with Crippen LogP contribution in [-0.4, -0.2) is 37.2 Å². The van der Waals surface area contributed by atoms with Gasteiger partial charge < -0.3 is 14.2 Å². The van der Waals surface area contributed by atoms with Gasteiger partial charge in [0.25, 0.3) is 0 Å².